The lowest BCUT2D eigenvalue weighted by molar-refractivity contribution is -0.0125. The van der Waals surface area contributed by atoms with Crippen molar-refractivity contribution in [1.82, 2.24) is 4.98 Å². The van der Waals surface area contributed by atoms with Gasteiger partial charge in [-0.25, -0.2) is 9.78 Å². The highest BCUT2D eigenvalue weighted by atomic mass is 32.1. The largest absolute Gasteiger partial charge is 0.493 e. The van der Waals surface area contributed by atoms with Crippen molar-refractivity contribution in [2.24, 2.45) is 0 Å². The second kappa shape index (κ2) is 10.1. The third-order valence-electron chi connectivity index (χ3n) is 4.40. The number of hydrogen-bond donors (Lipinski definition) is 0. The number of ketones is 1. The number of methoxy groups -OCH3 is 4. The molecule has 2 aromatic carbocycles. The van der Waals surface area contributed by atoms with Crippen LogP contribution in [0, 0.1) is 0 Å². The minimum absolute atomic E-state index is 0.108. The number of aromatic nitrogens is 1. The molecule has 162 valence electrons. The Morgan fingerprint density at radius 2 is 1.65 bits per heavy atom. The Balaban J connectivity index is 2.13. The molecule has 0 atom stereocenters. The summed E-state index contributed by atoms with van der Waals surface area (Å²) < 4.78 is 25.9. The fraction of sp³-hybridized carbons (Fsp3) is 0.227. The van der Waals surface area contributed by atoms with Gasteiger partial charge < -0.3 is 23.7 Å². The fourth-order valence-electron chi connectivity index (χ4n) is 2.97. The summed E-state index contributed by atoms with van der Waals surface area (Å²) in [5.74, 6) is -0.0854. The Kier molecular flexibility index (Phi) is 7.22. The Morgan fingerprint density at radius 3 is 2.19 bits per heavy atom. The molecule has 1 heterocycles. The maximum atomic E-state index is 13.5. The van der Waals surface area contributed by atoms with Crippen LogP contribution in [-0.4, -0.2) is 52.0 Å². The van der Waals surface area contributed by atoms with Gasteiger partial charge in [-0.05, 0) is 24.3 Å². The van der Waals surface area contributed by atoms with Gasteiger partial charge in [0.1, 0.15) is 5.01 Å². The summed E-state index contributed by atoms with van der Waals surface area (Å²) in [6.07, 6.45) is 1.67. The molecule has 0 aliphatic heterocycles. The lowest BCUT2D eigenvalue weighted by Gasteiger charge is -2.15. The van der Waals surface area contributed by atoms with Crippen LogP contribution in [0.25, 0.3) is 10.6 Å². The van der Waals surface area contributed by atoms with E-state index in [1.54, 1.807) is 24.4 Å². The number of nitrogens with zero attached hydrogens (tertiary/aromatic N) is 1. The number of thiazole rings is 1. The molecule has 0 fully saturated rings. The summed E-state index contributed by atoms with van der Waals surface area (Å²) in [6, 6.07) is 7.94. The first kappa shape index (κ1) is 22.3. The molecule has 0 saturated heterocycles. The summed E-state index contributed by atoms with van der Waals surface area (Å²) in [4.78, 5) is 30.3. The van der Waals surface area contributed by atoms with Gasteiger partial charge in [-0.1, -0.05) is 6.07 Å². The van der Waals surface area contributed by atoms with E-state index >= 15 is 0 Å². The number of esters is 1. The van der Waals surface area contributed by atoms with Gasteiger partial charge in [-0.3, -0.25) is 4.79 Å². The SMILES string of the molecule is COCOC(=O)c1ccc(-c2nccs2)cc1C(=O)c1cc(OC)c(OC)c(OC)c1. The molecule has 0 aliphatic rings. The molecule has 0 bridgehead atoms. The molecule has 8 nitrogen and oxygen atoms in total. The molecule has 0 spiro atoms. The third-order valence-corrected chi connectivity index (χ3v) is 5.22. The number of carbonyl (C=O) groups excluding carboxylic acids is 2. The topological polar surface area (TPSA) is 93.2 Å². The molecule has 0 radical (unpaired) electrons. The molecule has 1 aromatic heterocycles. The van der Waals surface area contributed by atoms with Crippen LogP contribution in [0.5, 0.6) is 17.2 Å². The van der Waals surface area contributed by atoms with E-state index in [2.05, 4.69) is 4.98 Å². The number of benzene rings is 2. The average Bonchev–Trinajstić information content (AvgIpc) is 3.35. The highest BCUT2D eigenvalue weighted by Crippen LogP contribution is 2.39. The van der Waals surface area contributed by atoms with E-state index in [-0.39, 0.29) is 23.5 Å². The van der Waals surface area contributed by atoms with Crippen molar-refractivity contribution < 1.29 is 33.3 Å². The molecule has 0 unspecified atom stereocenters. The Bertz CT molecular complexity index is 1050. The number of carbonyl (C=O) groups is 2. The van der Waals surface area contributed by atoms with Crippen molar-refractivity contribution >= 4 is 23.1 Å². The van der Waals surface area contributed by atoms with Crippen LogP contribution < -0.4 is 14.2 Å². The van der Waals surface area contributed by atoms with Crippen molar-refractivity contribution in [2.45, 2.75) is 0 Å². The van der Waals surface area contributed by atoms with E-state index in [0.29, 0.717) is 22.8 Å². The summed E-state index contributed by atoms with van der Waals surface area (Å²) in [6.45, 7) is -0.231. The van der Waals surface area contributed by atoms with E-state index in [4.69, 9.17) is 23.7 Å². The van der Waals surface area contributed by atoms with Crippen LogP contribution in [0.4, 0.5) is 0 Å². The standard InChI is InChI=1S/C22H21NO7S/c1-26-12-30-22(25)15-6-5-13(21-23-7-8-31-21)9-16(15)19(24)14-10-17(27-2)20(29-4)18(11-14)28-3/h5-11H,12H2,1-4H3. The smallest absolute Gasteiger partial charge is 0.340 e. The summed E-state index contributed by atoms with van der Waals surface area (Å²) >= 11 is 1.42. The predicted octanol–water partition coefficient (Wildman–Crippen LogP) is 3.83. The lowest BCUT2D eigenvalue weighted by atomic mass is 9.95. The van der Waals surface area contributed by atoms with E-state index in [1.807, 2.05) is 5.38 Å². The van der Waals surface area contributed by atoms with Crippen molar-refractivity contribution in [3.8, 4) is 27.8 Å². The second-order valence-corrected chi connectivity index (χ2v) is 7.07. The van der Waals surface area contributed by atoms with Crippen LogP contribution in [0.2, 0.25) is 0 Å². The normalized spacial score (nSPS) is 10.5. The van der Waals surface area contributed by atoms with E-state index in [0.717, 1.165) is 5.01 Å². The zero-order chi connectivity index (χ0) is 22.4. The first-order valence-electron chi connectivity index (χ1n) is 9.08. The molecule has 3 aromatic rings. The number of ether oxygens (including phenoxy) is 5. The van der Waals surface area contributed by atoms with Gasteiger partial charge >= 0.3 is 5.97 Å². The highest BCUT2D eigenvalue weighted by molar-refractivity contribution is 7.13. The molecule has 0 aliphatic carbocycles. The van der Waals surface area contributed by atoms with Crippen molar-refractivity contribution in [3.05, 3.63) is 58.6 Å². The molecule has 9 heteroatoms. The summed E-state index contributed by atoms with van der Waals surface area (Å²) in [5.41, 5.74) is 1.22. The van der Waals surface area contributed by atoms with Crippen molar-refractivity contribution in [3.63, 3.8) is 0 Å². The van der Waals surface area contributed by atoms with Crippen LogP contribution in [0.3, 0.4) is 0 Å². The third kappa shape index (κ3) is 4.68. The van der Waals surface area contributed by atoms with E-state index < -0.39 is 11.8 Å². The Hall–Kier alpha value is -3.43. The maximum absolute atomic E-state index is 13.5. The molecule has 0 amide bonds. The van der Waals surface area contributed by atoms with Gasteiger partial charge in [0.25, 0.3) is 0 Å². The fourth-order valence-corrected chi connectivity index (χ4v) is 3.60. The summed E-state index contributed by atoms with van der Waals surface area (Å²) in [5, 5.41) is 2.55. The molecular weight excluding hydrogens is 422 g/mol. The Morgan fingerprint density at radius 1 is 0.935 bits per heavy atom. The van der Waals surface area contributed by atoms with Crippen LogP contribution >= 0.6 is 11.3 Å². The number of hydrogen-bond acceptors (Lipinski definition) is 9. The quantitative estimate of drug-likeness (QED) is 0.280. The van der Waals surface area contributed by atoms with E-state index in [9.17, 15) is 9.59 Å². The van der Waals surface area contributed by atoms with Gasteiger partial charge in [0, 0.05) is 35.4 Å². The molecular formula is C22H21NO7S. The maximum Gasteiger partial charge on any atom is 0.340 e. The van der Waals surface area contributed by atoms with Crippen molar-refractivity contribution in [2.75, 3.05) is 35.2 Å². The molecule has 3 rings (SSSR count). The monoisotopic (exact) mass is 443 g/mol. The average molecular weight is 443 g/mol. The van der Waals surface area contributed by atoms with Gasteiger partial charge in [-0.15, -0.1) is 11.3 Å². The van der Waals surface area contributed by atoms with Gasteiger partial charge in [0.15, 0.2) is 24.1 Å². The van der Waals surface area contributed by atoms with Gasteiger partial charge in [0.05, 0.1) is 26.9 Å². The minimum atomic E-state index is -0.677. The molecule has 0 N–H and O–H groups in total. The first-order valence-corrected chi connectivity index (χ1v) is 9.96. The second-order valence-electron chi connectivity index (χ2n) is 6.18. The Labute approximate surface area is 183 Å². The first-order chi connectivity index (χ1) is 15.0. The van der Waals surface area contributed by atoms with Gasteiger partial charge in [0.2, 0.25) is 5.75 Å². The summed E-state index contributed by atoms with van der Waals surface area (Å²) in [7, 11) is 5.80. The van der Waals surface area contributed by atoms with Crippen LogP contribution in [0.15, 0.2) is 41.9 Å². The molecule has 0 saturated carbocycles. The highest BCUT2D eigenvalue weighted by Gasteiger charge is 2.24. The minimum Gasteiger partial charge on any atom is -0.493 e. The van der Waals surface area contributed by atoms with Gasteiger partial charge in [-0.2, -0.15) is 0 Å². The predicted molar refractivity (Wildman–Crippen MR) is 114 cm³/mol. The zero-order valence-electron chi connectivity index (χ0n) is 17.5. The van der Waals surface area contributed by atoms with Crippen molar-refractivity contribution in [1.29, 1.82) is 0 Å². The molecule has 31 heavy (non-hydrogen) atoms. The van der Waals surface area contributed by atoms with Crippen LogP contribution in [0.1, 0.15) is 26.3 Å². The zero-order valence-corrected chi connectivity index (χ0v) is 18.3. The lowest BCUT2D eigenvalue weighted by Crippen LogP contribution is -2.14. The number of rotatable bonds is 9. The van der Waals surface area contributed by atoms with E-state index in [1.165, 1.54) is 51.9 Å². The van der Waals surface area contributed by atoms with Crippen LogP contribution in [-0.2, 0) is 9.47 Å².